The van der Waals surface area contributed by atoms with E-state index < -0.39 is 0 Å². The Morgan fingerprint density at radius 3 is 2.57 bits per heavy atom. The molecule has 0 spiro atoms. The summed E-state index contributed by atoms with van der Waals surface area (Å²) >= 11 is 0. The van der Waals surface area contributed by atoms with E-state index in [9.17, 15) is 9.59 Å². The fourth-order valence-corrected chi connectivity index (χ4v) is 3.98. The average molecular weight is 285 g/mol. The molecule has 0 unspecified atom stereocenters. The minimum Gasteiger partial charge on any atom is -0.367 e. The van der Waals surface area contributed by atoms with E-state index in [0.717, 1.165) is 19.3 Å². The zero-order chi connectivity index (χ0) is 14.1. The van der Waals surface area contributed by atoms with E-state index in [4.69, 9.17) is 4.74 Å². The lowest BCUT2D eigenvalue weighted by Gasteiger charge is -2.28. The molecule has 2 fully saturated rings. The predicted octanol–water partition coefficient (Wildman–Crippen LogP) is 0.848. The van der Waals surface area contributed by atoms with Crippen LogP contribution in [-0.4, -0.2) is 26.1 Å². The van der Waals surface area contributed by atoms with Crippen LogP contribution in [0.2, 0.25) is 0 Å². The normalized spacial score (nSPS) is 32.4. The van der Waals surface area contributed by atoms with Crippen LogP contribution in [0.3, 0.4) is 0 Å². The molecular formula is C15H15N3O3. The van der Waals surface area contributed by atoms with Gasteiger partial charge in [0, 0.05) is 0 Å². The summed E-state index contributed by atoms with van der Waals surface area (Å²) in [6, 6.07) is 9.23. The fourth-order valence-electron chi connectivity index (χ4n) is 3.98. The molecule has 21 heavy (non-hydrogen) atoms. The van der Waals surface area contributed by atoms with Crippen LogP contribution in [0.5, 0.6) is 0 Å². The fraction of sp³-hybridized carbons (Fsp3) is 0.467. The molecule has 0 amide bonds. The number of hydrogen-bond donors (Lipinski definition) is 0. The van der Waals surface area contributed by atoms with Crippen LogP contribution >= 0.6 is 0 Å². The number of fused-ring (bicyclic) bond motifs is 1. The Morgan fingerprint density at radius 2 is 1.76 bits per heavy atom. The van der Waals surface area contributed by atoms with E-state index in [-0.39, 0.29) is 35.7 Å². The maximum absolute atomic E-state index is 12.8. The third-order valence-corrected chi connectivity index (χ3v) is 4.98. The Morgan fingerprint density at radius 1 is 1.00 bits per heavy atom. The van der Waals surface area contributed by atoms with Crippen LogP contribution < -0.4 is 11.4 Å². The zero-order valence-electron chi connectivity index (χ0n) is 11.4. The molecule has 6 rings (SSSR count). The molecule has 4 atom stereocenters. The summed E-state index contributed by atoms with van der Waals surface area (Å²) in [4.78, 5) is 25.6. The summed E-state index contributed by atoms with van der Waals surface area (Å²) in [6.07, 6.45) is 3.08. The molecule has 2 aromatic rings. The van der Waals surface area contributed by atoms with Crippen molar-refractivity contribution in [2.24, 2.45) is 0 Å². The number of hydrogen-bond acceptors (Lipinski definition) is 3. The van der Waals surface area contributed by atoms with Crippen molar-refractivity contribution in [2.75, 3.05) is 0 Å². The van der Waals surface area contributed by atoms with Crippen LogP contribution in [0, 0.1) is 0 Å². The van der Waals surface area contributed by atoms with Crippen LogP contribution in [0.1, 0.15) is 31.3 Å². The Bertz CT molecular complexity index is 832. The van der Waals surface area contributed by atoms with Crippen LogP contribution in [0.4, 0.5) is 0 Å². The second kappa shape index (κ2) is 3.76. The molecule has 1 aromatic carbocycles. The summed E-state index contributed by atoms with van der Waals surface area (Å²) in [5.41, 5.74) is 0.174. The van der Waals surface area contributed by atoms with Gasteiger partial charge in [-0.25, -0.2) is 23.5 Å². The molecule has 0 N–H and O–H groups in total. The summed E-state index contributed by atoms with van der Waals surface area (Å²) in [5.74, 6) is 0. The van der Waals surface area contributed by atoms with Crippen molar-refractivity contribution in [2.45, 2.75) is 43.6 Å². The molecule has 2 bridgehead atoms. The minimum atomic E-state index is -0.239. The molecule has 3 aliphatic heterocycles. The number of rotatable bonds is 1. The average Bonchev–Trinajstić information content (AvgIpc) is 3.23. The van der Waals surface area contributed by atoms with Gasteiger partial charge >= 0.3 is 11.4 Å². The lowest BCUT2D eigenvalue weighted by Crippen LogP contribution is -2.37. The Hall–Kier alpha value is -2.08. The van der Waals surface area contributed by atoms with Gasteiger partial charge in [0.15, 0.2) is 0 Å². The van der Waals surface area contributed by atoms with Gasteiger partial charge < -0.3 is 4.74 Å². The first-order valence-corrected chi connectivity index (χ1v) is 7.42. The molecule has 4 heterocycles. The highest BCUT2D eigenvalue weighted by Gasteiger charge is 2.54. The maximum atomic E-state index is 12.8. The number of epoxide rings is 1. The Labute approximate surface area is 120 Å². The SMILES string of the molecule is O=c1n(-c2ccccc2)c(=O)n2n1[C@H]1CC[C@@H]2[C@@H]2O[C@@H]2C1. The molecule has 1 saturated heterocycles. The lowest BCUT2D eigenvalue weighted by molar-refractivity contribution is 0.163. The number of ether oxygens (including phenoxy) is 1. The lowest BCUT2D eigenvalue weighted by atomic mass is 10.1. The second-order valence-electron chi connectivity index (χ2n) is 6.10. The van der Waals surface area contributed by atoms with E-state index >= 15 is 0 Å². The number of para-hydroxylation sites is 1. The monoisotopic (exact) mass is 285 g/mol. The third kappa shape index (κ3) is 1.40. The highest BCUT2D eigenvalue weighted by molar-refractivity contribution is 5.30. The van der Waals surface area contributed by atoms with E-state index in [2.05, 4.69) is 0 Å². The molecular weight excluding hydrogens is 270 g/mol. The van der Waals surface area contributed by atoms with Gasteiger partial charge in [-0.1, -0.05) is 18.2 Å². The van der Waals surface area contributed by atoms with E-state index in [1.54, 1.807) is 21.5 Å². The highest BCUT2D eigenvalue weighted by atomic mass is 16.6. The van der Waals surface area contributed by atoms with Crippen molar-refractivity contribution in [3.05, 3.63) is 51.3 Å². The van der Waals surface area contributed by atoms with Gasteiger partial charge in [-0.05, 0) is 31.4 Å². The van der Waals surface area contributed by atoms with Gasteiger partial charge in [0.05, 0.1) is 23.9 Å². The van der Waals surface area contributed by atoms with Crippen LogP contribution in [0.25, 0.3) is 5.69 Å². The van der Waals surface area contributed by atoms with Gasteiger partial charge in [-0.2, -0.15) is 0 Å². The Balaban J connectivity index is 1.81. The molecule has 1 saturated carbocycles. The van der Waals surface area contributed by atoms with Crippen molar-refractivity contribution in [3.63, 3.8) is 0 Å². The smallest absolute Gasteiger partial charge is 0.352 e. The van der Waals surface area contributed by atoms with Gasteiger partial charge in [0.1, 0.15) is 6.10 Å². The third-order valence-electron chi connectivity index (χ3n) is 4.98. The summed E-state index contributed by atoms with van der Waals surface area (Å²) < 4.78 is 10.3. The topological polar surface area (TPSA) is 61.5 Å². The van der Waals surface area contributed by atoms with Crippen molar-refractivity contribution in [3.8, 4) is 5.69 Å². The summed E-state index contributed by atoms with van der Waals surface area (Å²) in [5, 5.41) is 0. The van der Waals surface area contributed by atoms with Crippen molar-refractivity contribution in [1.29, 1.82) is 0 Å². The van der Waals surface area contributed by atoms with E-state index in [1.165, 1.54) is 4.57 Å². The Kier molecular flexibility index (Phi) is 2.07. The zero-order valence-corrected chi connectivity index (χ0v) is 11.4. The first-order valence-electron chi connectivity index (χ1n) is 7.42. The molecule has 6 nitrogen and oxygen atoms in total. The van der Waals surface area contributed by atoms with Crippen molar-refractivity contribution in [1.82, 2.24) is 13.9 Å². The van der Waals surface area contributed by atoms with Crippen LogP contribution in [0.15, 0.2) is 39.9 Å². The largest absolute Gasteiger partial charge is 0.367 e. The van der Waals surface area contributed by atoms with E-state index in [1.807, 2.05) is 18.2 Å². The number of benzene rings is 1. The second-order valence-corrected chi connectivity index (χ2v) is 6.10. The molecule has 1 aliphatic carbocycles. The minimum absolute atomic E-state index is 0.0129. The van der Waals surface area contributed by atoms with Gasteiger partial charge in [-0.15, -0.1) is 0 Å². The number of nitrogens with zero attached hydrogens (tertiary/aromatic N) is 3. The first-order chi connectivity index (χ1) is 10.3. The molecule has 4 aliphatic rings. The number of aromatic nitrogens is 3. The first kappa shape index (κ1) is 11.6. The van der Waals surface area contributed by atoms with Gasteiger partial charge in [-0.3, -0.25) is 0 Å². The van der Waals surface area contributed by atoms with Crippen molar-refractivity contribution >= 4 is 0 Å². The molecule has 6 heteroatoms. The van der Waals surface area contributed by atoms with Crippen LogP contribution in [-0.2, 0) is 4.74 Å². The molecule has 0 radical (unpaired) electrons. The molecule has 108 valence electrons. The summed E-state index contributed by atoms with van der Waals surface area (Å²) in [7, 11) is 0. The van der Waals surface area contributed by atoms with Crippen molar-refractivity contribution < 1.29 is 4.74 Å². The van der Waals surface area contributed by atoms with E-state index in [0.29, 0.717) is 5.69 Å². The predicted molar refractivity (Wildman–Crippen MR) is 74.9 cm³/mol. The summed E-state index contributed by atoms with van der Waals surface area (Å²) in [6.45, 7) is 0. The molecule has 1 aromatic heterocycles. The van der Waals surface area contributed by atoms with Gasteiger partial charge in [0.2, 0.25) is 0 Å². The highest BCUT2D eigenvalue weighted by Crippen LogP contribution is 2.47. The maximum Gasteiger partial charge on any atom is 0.352 e. The standard InChI is InChI=1S/C15H15N3O3/c19-14-16(9-4-2-1-3-5-9)15(20)18-11-7-6-10(17(14)18)8-12-13(11)21-12/h1-5,10-13H,6-8H2/t10-,11+,12+,13-/m0/s1. The quantitative estimate of drug-likeness (QED) is 0.730. The van der Waals surface area contributed by atoms with Gasteiger partial charge in [0.25, 0.3) is 0 Å².